The molecule has 0 spiro atoms. The van der Waals surface area contributed by atoms with Crippen molar-refractivity contribution < 1.29 is 14.3 Å². The van der Waals surface area contributed by atoms with E-state index in [1.165, 1.54) is 0 Å². The van der Waals surface area contributed by atoms with Crippen molar-refractivity contribution in [1.82, 2.24) is 24.7 Å². The molecule has 0 radical (unpaired) electrons. The molecular weight excluding hydrogens is 494 g/mol. The lowest BCUT2D eigenvalue weighted by molar-refractivity contribution is -0.109. The predicted molar refractivity (Wildman–Crippen MR) is 154 cm³/mol. The van der Waals surface area contributed by atoms with E-state index in [1.54, 1.807) is 13.3 Å². The molecule has 2 amide bonds. The van der Waals surface area contributed by atoms with Crippen LogP contribution >= 0.6 is 0 Å². The Kier molecular flexibility index (Phi) is 10.9. The van der Waals surface area contributed by atoms with E-state index in [-0.39, 0.29) is 5.91 Å². The fourth-order valence-corrected chi connectivity index (χ4v) is 4.18. The average Bonchev–Trinajstić information content (AvgIpc) is 3.30. The number of aromatic nitrogens is 4. The number of imidazole rings is 1. The molecule has 3 heterocycles. The summed E-state index contributed by atoms with van der Waals surface area (Å²) in [5.41, 5.74) is 5.42. The van der Waals surface area contributed by atoms with Crippen LogP contribution < -0.4 is 16.0 Å². The molecule has 0 atom stereocenters. The number of aryl methyl sites for hydroxylation is 3. The number of carbonyl (C=O) groups excluding carboxylic acids is 2. The minimum absolute atomic E-state index is 0.188. The molecule has 4 rings (SSSR count). The third-order valence-corrected chi connectivity index (χ3v) is 6.02. The van der Waals surface area contributed by atoms with Gasteiger partial charge in [0.05, 0.1) is 0 Å². The summed E-state index contributed by atoms with van der Waals surface area (Å²) in [5.74, 6) is 2.03. The molecule has 3 N–H and O–H groups in total. The molecule has 4 aromatic rings. The first-order valence-corrected chi connectivity index (χ1v) is 13.0. The number of carbonyl (C=O) groups is 2. The van der Waals surface area contributed by atoms with Crippen molar-refractivity contribution >= 4 is 29.5 Å². The van der Waals surface area contributed by atoms with Gasteiger partial charge in [0, 0.05) is 56.5 Å². The molecule has 0 bridgehead atoms. The van der Waals surface area contributed by atoms with Crippen LogP contribution in [0.3, 0.4) is 0 Å². The van der Waals surface area contributed by atoms with Crippen molar-refractivity contribution in [3.05, 3.63) is 71.4 Å². The maximum atomic E-state index is 12.7. The first kappa shape index (κ1) is 29.2. The summed E-state index contributed by atoms with van der Waals surface area (Å²) < 4.78 is 6.82. The van der Waals surface area contributed by atoms with Crippen LogP contribution in [-0.2, 0) is 16.0 Å². The van der Waals surface area contributed by atoms with Gasteiger partial charge in [0.1, 0.15) is 22.9 Å². The van der Waals surface area contributed by atoms with E-state index in [4.69, 9.17) is 9.72 Å². The van der Waals surface area contributed by atoms with Crippen LogP contribution in [0.5, 0.6) is 0 Å². The topological polar surface area (TPSA) is 123 Å². The summed E-state index contributed by atoms with van der Waals surface area (Å²) in [7, 11) is 3.49. The molecule has 3 aromatic heterocycles. The zero-order valence-corrected chi connectivity index (χ0v) is 23.2. The molecule has 206 valence electrons. The summed E-state index contributed by atoms with van der Waals surface area (Å²) in [6.07, 6.45) is 7.14. The summed E-state index contributed by atoms with van der Waals surface area (Å²) in [5, 5.41) is 8.56. The number of nitrogens with zero attached hydrogens (tertiary/aromatic N) is 4. The SMILES string of the molecule is CCCc1ccnc(NC(=O)c2ccc(-c3nc(C)n4c(C)cnc(NC)c34)cc2)c1.COCCCNC=O. The Hall–Kier alpha value is -4.31. The Morgan fingerprint density at radius 3 is 2.56 bits per heavy atom. The fraction of sp³-hybridized carbons (Fsp3) is 0.345. The van der Waals surface area contributed by atoms with Gasteiger partial charge in [0.25, 0.3) is 5.91 Å². The highest BCUT2D eigenvalue weighted by molar-refractivity contribution is 6.04. The van der Waals surface area contributed by atoms with Gasteiger partial charge in [-0.05, 0) is 56.5 Å². The van der Waals surface area contributed by atoms with Gasteiger partial charge >= 0.3 is 0 Å². The first-order valence-electron chi connectivity index (χ1n) is 13.0. The van der Waals surface area contributed by atoms with Gasteiger partial charge in [-0.25, -0.2) is 15.0 Å². The molecule has 0 aliphatic heterocycles. The summed E-state index contributed by atoms with van der Waals surface area (Å²) in [6.45, 7) is 7.53. The summed E-state index contributed by atoms with van der Waals surface area (Å²) in [4.78, 5) is 35.8. The van der Waals surface area contributed by atoms with Gasteiger partial charge in [-0.3, -0.25) is 14.0 Å². The maximum absolute atomic E-state index is 12.7. The van der Waals surface area contributed by atoms with Gasteiger partial charge in [0.15, 0.2) is 5.82 Å². The molecule has 39 heavy (non-hydrogen) atoms. The van der Waals surface area contributed by atoms with E-state index in [0.29, 0.717) is 30.9 Å². The number of benzene rings is 1. The van der Waals surface area contributed by atoms with Crippen molar-refractivity contribution in [3.63, 3.8) is 0 Å². The summed E-state index contributed by atoms with van der Waals surface area (Å²) >= 11 is 0. The summed E-state index contributed by atoms with van der Waals surface area (Å²) in [6, 6.07) is 11.3. The molecule has 10 heteroatoms. The van der Waals surface area contributed by atoms with Crippen LogP contribution in [0.1, 0.15) is 47.2 Å². The average molecular weight is 532 g/mol. The van der Waals surface area contributed by atoms with Crippen molar-refractivity contribution in [2.24, 2.45) is 0 Å². The van der Waals surface area contributed by atoms with Crippen LogP contribution in [0.2, 0.25) is 0 Å². The minimum atomic E-state index is -0.188. The van der Waals surface area contributed by atoms with Crippen LogP contribution in [-0.4, -0.2) is 59.0 Å². The lowest BCUT2D eigenvalue weighted by atomic mass is 10.1. The second-order valence-corrected chi connectivity index (χ2v) is 8.94. The van der Waals surface area contributed by atoms with Crippen molar-refractivity contribution in [2.75, 3.05) is 37.9 Å². The number of hydrogen-bond acceptors (Lipinski definition) is 7. The molecule has 0 unspecified atom stereocenters. The molecule has 0 saturated heterocycles. The third-order valence-electron chi connectivity index (χ3n) is 6.02. The Balaban J connectivity index is 0.000000459. The second-order valence-electron chi connectivity index (χ2n) is 8.94. The van der Waals surface area contributed by atoms with Gasteiger partial charge in [-0.1, -0.05) is 25.5 Å². The number of anilines is 2. The highest BCUT2D eigenvalue weighted by atomic mass is 16.5. The molecular formula is C29H37N7O3. The quantitative estimate of drug-likeness (QED) is 0.193. The maximum Gasteiger partial charge on any atom is 0.256 e. The van der Waals surface area contributed by atoms with Crippen LogP contribution in [0.15, 0.2) is 48.8 Å². The largest absolute Gasteiger partial charge is 0.385 e. The van der Waals surface area contributed by atoms with Gasteiger partial charge in [-0.15, -0.1) is 0 Å². The van der Waals surface area contributed by atoms with Crippen molar-refractivity contribution in [1.29, 1.82) is 0 Å². The smallest absolute Gasteiger partial charge is 0.256 e. The van der Waals surface area contributed by atoms with E-state index in [9.17, 15) is 9.59 Å². The Morgan fingerprint density at radius 1 is 1.13 bits per heavy atom. The number of methoxy groups -OCH3 is 1. The van der Waals surface area contributed by atoms with E-state index >= 15 is 0 Å². The molecule has 0 saturated carbocycles. The second kappa shape index (κ2) is 14.6. The highest BCUT2D eigenvalue weighted by Gasteiger charge is 2.17. The number of fused-ring (bicyclic) bond motifs is 1. The molecule has 0 aliphatic carbocycles. The van der Waals surface area contributed by atoms with Crippen molar-refractivity contribution in [3.8, 4) is 11.3 Å². The first-order chi connectivity index (χ1) is 18.9. The Morgan fingerprint density at radius 2 is 1.90 bits per heavy atom. The predicted octanol–water partition coefficient (Wildman–Crippen LogP) is 4.42. The van der Waals surface area contributed by atoms with Gasteiger partial charge in [0.2, 0.25) is 6.41 Å². The van der Waals surface area contributed by atoms with Gasteiger partial charge in [-0.2, -0.15) is 0 Å². The molecule has 0 aliphatic rings. The Labute approximate surface area is 229 Å². The number of pyridine rings is 1. The van der Waals surface area contributed by atoms with E-state index in [2.05, 4.69) is 37.2 Å². The third kappa shape index (κ3) is 7.61. The standard InChI is InChI=1S/C24H26N6O.C5H11NO2/c1-5-6-17-11-12-26-20(13-17)29-24(31)19-9-7-18(8-10-19)21-22-23(25-4)27-14-15(2)30(22)16(3)28-21;1-8-4-2-3-6-5-7/h7-14H,5-6H2,1-4H3,(H,25,27)(H,26,29,31);5H,2-4H2,1H3,(H,6,7). The fourth-order valence-electron chi connectivity index (χ4n) is 4.18. The van der Waals surface area contributed by atoms with Crippen LogP contribution in [0.4, 0.5) is 11.6 Å². The van der Waals surface area contributed by atoms with Crippen LogP contribution in [0, 0.1) is 13.8 Å². The lowest BCUT2D eigenvalue weighted by Gasteiger charge is -2.09. The Bertz CT molecular complexity index is 1380. The van der Waals surface area contributed by atoms with Gasteiger partial charge < -0.3 is 20.7 Å². The number of amides is 2. The minimum Gasteiger partial charge on any atom is -0.385 e. The number of hydrogen-bond donors (Lipinski definition) is 3. The van der Waals surface area contributed by atoms with E-state index in [1.807, 2.05) is 63.5 Å². The number of rotatable bonds is 11. The monoisotopic (exact) mass is 531 g/mol. The zero-order valence-electron chi connectivity index (χ0n) is 23.2. The molecule has 0 fully saturated rings. The van der Waals surface area contributed by atoms with Crippen molar-refractivity contribution in [2.45, 2.75) is 40.0 Å². The number of nitrogens with one attached hydrogen (secondary N) is 3. The zero-order chi connectivity index (χ0) is 28.2. The number of ether oxygens (including phenoxy) is 1. The highest BCUT2D eigenvalue weighted by Crippen LogP contribution is 2.30. The normalized spacial score (nSPS) is 10.5. The van der Waals surface area contributed by atoms with E-state index in [0.717, 1.165) is 58.9 Å². The van der Waals surface area contributed by atoms with Crippen LogP contribution in [0.25, 0.3) is 16.8 Å². The van der Waals surface area contributed by atoms with E-state index < -0.39 is 0 Å². The molecule has 1 aromatic carbocycles. The lowest BCUT2D eigenvalue weighted by Crippen LogP contribution is -2.13. The molecule has 10 nitrogen and oxygen atoms in total.